The first-order chi connectivity index (χ1) is 7.24. The van der Waals surface area contributed by atoms with E-state index in [0.29, 0.717) is 18.4 Å². The van der Waals surface area contributed by atoms with Crippen LogP contribution in [0.4, 0.5) is 0 Å². The van der Waals surface area contributed by atoms with Gasteiger partial charge in [-0.1, -0.05) is 13.8 Å². The molecule has 0 aliphatic carbocycles. The number of pyridine rings is 1. The maximum absolute atomic E-state index is 9.04. The van der Waals surface area contributed by atoms with Crippen molar-refractivity contribution in [2.75, 3.05) is 6.61 Å². The minimum absolute atomic E-state index is 0.0205. The molecule has 84 valence electrons. The lowest BCUT2D eigenvalue weighted by molar-refractivity contribution is 0.252. The molecule has 15 heavy (non-hydrogen) atoms. The van der Waals surface area contributed by atoms with Crippen molar-refractivity contribution in [3.8, 4) is 5.88 Å². The van der Waals surface area contributed by atoms with Gasteiger partial charge in [0.2, 0.25) is 5.88 Å². The third kappa shape index (κ3) is 4.30. The van der Waals surface area contributed by atoms with Crippen molar-refractivity contribution in [2.45, 2.75) is 33.3 Å². The Kier molecular flexibility index (Phi) is 5.12. The van der Waals surface area contributed by atoms with Crippen LogP contribution in [-0.4, -0.2) is 16.7 Å². The highest BCUT2D eigenvalue weighted by atomic mass is 16.5. The van der Waals surface area contributed by atoms with Gasteiger partial charge in [0.1, 0.15) is 0 Å². The summed E-state index contributed by atoms with van der Waals surface area (Å²) in [5, 5.41) is 9.04. The third-order valence-electron chi connectivity index (χ3n) is 2.18. The molecule has 0 fully saturated rings. The molecule has 0 saturated heterocycles. The van der Waals surface area contributed by atoms with E-state index in [1.54, 1.807) is 12.3 Å². The van der Waals surface area contributed by atoms with E-state index in [1.165, 1.54) is 0 Å². The van der Waals surface area contributed by atoms with Crippen LogP contribution in [0.3, 0.4) is 0 Å². The Bertz CT molecular complexity index is 287. The molecule has 1 rings (SSSR count). The van der Waals surface area contributed by atoms with Gasteiger partial charge in [-0.2, -0.15) is 0 Å². The molecule has 0 amide bonds. The first kappa shape index (κ1) is 12.0. The first-order valence-corrected chi connectivity index (χ1v) is 5.41. The highest BCUT2D eigenvalue weighted by Gasteiger charge is 2.02. The van der Waals surface area contributed by atoms with Gasteiger partial charge in [0.05, 0.1) is 13.2 Å². The van der Waals surface area contributed by atoms with E-state index in [0.717, 1.165) is 18.4 Å². The molecule has 0 saturated carbocycles. The highest BCUT2D eigenvalue weighted by molar-refractivity contribution is 5.24. The van der Waals surface area contributed by atoms with Gasteiger partial charge in [-0.3, -0.25) is 0 Å². The molecule has 0 aliphatic rings. The van der Waals surface area contributed by atoms with Gasteiger partial charge in [0.15, 0.2) is 0 Å². The van der Waals surface area contributed by atoms with Crippen molar-refractivity contribution in [1.82, 2.24) is 4.98 Å². The van der Waals surface area contributed by atoms with Crippen LogP contribution in [0, 0.1) is 5.92 Å². The summed E-state index contributed by atoms with van der Waals surface area (Å²) in [4.78, 5) is 4.08. The van der Waals surface area contributed by atoms with E-state index in [9.17, 15) is 0 Å². The molecule has 1 N–H and O–H groups in total. The van der Waals surface area contributed by atoms with Crippen LogP contribution >= 0.6 is 0 Å². The molecule has 1 aromatic heterocycles. The van der Waals surface area contributed by atoms with E-state index in [-0.39, 0.29) is 6.61 Å². The molecule has 1 heterocycles. The van der Waals surface area contributed by atoms with Crippen molar-refractivity contribution in [1.29, 1.82) is 0 Å². The Morgan fingerprint density at radius 3 is 2.93 bits per heavy atom. The Balaban J connectivity index is 2.36. The normalized spacial score (nSPS) is 10.7. The van der Waals surface area contributed by atoms with Gasteiger partial charge in [-0.05, 0) is 30.9 Å². The molecule has 0 unspecified atom stereocenters. The summed E-state index contributed by atoms with van der Waals surface area (Å²) in [6.07, 6.45) is 3.86. The lowest BCUT2D eigenvalue weighted by Crippen LogP contribution is -2.03. The SMILES string of the molecule is CC(C)CCCOc1ncccc1CO. The van der Waals surface area contributed by atoms with Crippen LogP contribution in [0.1, 0.15) is 32.3 Å². The molecular weight excluding hydrogens is 190 g/mol. The molecule has 3 heteroatoms. The average molecular weight is 209 g/mol. The third-order valence-corrected chi connectivity index (χ3v) is 2.18. The minimum atomic E-state index is -0.0205. The summed E-state index contributed by atoms with van der Waals surface area (Å²) in [7, 11) is 0. The first-order valence-electron chi connectivity index (χ1n) is 5.41. The number of nitrogens with zero attached hydrogens (tertiary/aromatic N) is 1. The molecule has 0 bridgehead atoms. The van der Waals surface area contributed by atoms with Crippen molar-refractivity contribution in [3.05, 3.63) is 23.9 Å². The minimum Gasteiger partial charge on any atom is -0.477 e. The van der Waals surface area contributed by atoms with Gasteiger partial charge in [0, 0.05) is 11.8 Å². The number of ether oxygens (including phenoxy) is 1. The van der Waals surface area contributed by atoms with Crippen LogP contribution in [-0.2, 0) is 6.61 Å². The van der Waals surface area contributed by atoms with Crippen LogP contribution in [0.2, 0.25) is 0 Å². The van der Waals surface area contributed by atoms with Crippen LogP contribution in [0.25, 0.3) is 0 Å². The van der Waals surface area contributed by atoms with E-state index < -0.39 is 0 Å². The number of aromatic nitrogens is 1. The van der Waals surface area contributed by atoms with Crippen LogP contribution < -0.4 is 4.74 Å². The van der Waals surface area contributed by atoms with Gasteiger partial charge in [-0.25, -0.2) is 4.98 Å². The summed E-state index contributed by atoms with van der Waals surface area (Å²) in [5.41, 5.74) is 0.752. The van der Waals surface area contributed by atoms with Crippen molar-refractivity contribution in [2.24, 2.45) is 5.92 Å². The van der Waals surface area contributed by atoms with Crippen LogP contribution in [0.15, 0.2) is 18.3 Å². The van der Waals surface area contributed by atoms with Crippen molar-refractivity contribution in [3.63, 3.8) is 0 Å². The maximum atomic E-state index is 9.04. The average Bonchev–Trinajstić information content (AvgIpc) is 2.24. The second-order valence-corrected chi connectivity index (χ2v) is 4.01. The number of hydrogen-bond donors (Lipinski definition) is 1. The van der Waals surface area contributed by atoms with Gasteiger partial charge in [0.25, 0.3) is 0 Å². The van der Waals surface area contributed by atoms with Crippen LogP contribution in [0.5, 0.6) is 5.88 Å². The second-order valence-electron chi connectivity index (χ2n) is 4.01. The number of aliphatic hydroxyl groups excluding tert-OH is 1. The molecule has 3 nitrogen and oxygen atoms in total. The molecular formula is C12H19NO2. The summed E-state index contributed by atoms with van der Waals surface area (Å²) in [5.74, 6) is 1.26. The predicted molar refractivity (Wildman–Crippen MR) is 59.7 cm³/mol. The summed E-state index contributed by atoms with van der Waals surface area (Å²) < 4.78 is 5.51. The Labute approximate surface area is 91.1 Å². The molecule has 1 aromatic rings. The molecule has 0 atom stereocenters. The summed E-state index contributed by atoms with van der Waals surface area (Å²) in [6, 6.07) is 3.62. The largest absolute Gasteiger partial charge is 0.477 e. The second kappa shape index (κ2) is 6.40. The van der Waals surface area contributed by atoms with E-state index in [4.69, 9.17) is 9.84 Å². The van der Waals surface area contributed by atoms with E-state index in [1.807, 2.05) is 6.07 Å². The molecule has 0 aromatic carbocycles. The van der Waals surface area contributed by atoms with Crippen molar-refractivity contribution < 1.29 is 9.84 Å². The van der Waals surface area contributed by atoms with Gasteiger partial charge >= 0.3 is 0 Å². The molecule has 0 radical (unpaired) electrons. The van der Waals surface area contributed by atoms with Gasteiger partial charge in [-0.15, -0.1) is 0 Å². The number of rotatable bonds is 6. The van der Waals surface area contributed by atoms with E-state index >= 15 is 0 Å². The van der Waals surface area contributed by atoms with Gasteiger partial charge < -0.3 is 9.84 Å². The smallest absolute Gasteiger partial charge is 0.218 e. The Hall–Kier alpha value is -1.09. The fourth-order valence-electron chi connectivity index (χ4n) is 1.33. The summed E-state index contributed by atoms with van der Waals surface area (Å²) in [6.45, 7) is 5.04. The fourth-order valence-corrected chi connectivity index (χ4v) is 1.33. The topological polar surface area (TPSA) is 42.4 Å². The number of hydrogen-bond acceptors (Lipinski definition) is 3. The summed E-state index contributed by atoms with van der Waals surface area (Å²) >= 11 is 0. The zero-order valence-corrected chi connectivity index (χ0v) is 9.44. The quantitative estimate of drug-likeness (QED) is 0.731. The monoisotopic (exact) mass is 209 g/mol. The van der Waals surface area contributed by atoms with Crippen molar-refractivity contribution >= 4 is 0 Å². The molecule has 0 spiro atoms. The Morgan fingerprint density at radius 1 is 1.47 bits per heavy atom. The standard InChI is InChI=1S/C12H19NO2/c1-10(2)5-4-8-15-12-11(9-14)6-3-7-13-12/h3,6-7,10,14H,4-5,8-9H2,1-2H3. The highest BCUT2D eigenvalue weighted by Crippen LogP contribution is 2.14. The number of aliphatic hydroxyl groups is 1. The lowest BCUT2D eigenvalue weighted by atomic mass is 10.1. The molecule has 0 aliphatic heterocycles. The predicted octanol–water partition coefficient (Wildman–Crippen LogP) is 2.39. The lowest BCUT2D eigenvalue weighted by Gasteiger charge is -2.09. The Morgan fingerprint density at radius 2 is 2.27 bits per heavy atom. The maximum Gasteiger partial charge on any atom is 0.218 e. The zero-order chi connectivity index (χ0) is 11.1. The fraction of sp³-hybridized carbons (Fsp3) is 0.583. The zero-order valence-electron chi connectivity index (χ0n) is 9.44. The van der Waals surface area contributed by atoms with E-state index in [2.05, 4.69) is 18.8 Å².